The van der Waals surface area contributed by atoms with Gasteiger partial charge in [0.15, 0.2) is 18.3 Å². The molecule has 13 nitrogen and oxygen atoms in total. The number of hydrogen-bond donors (Lipinski definition) is 5. The molecule has 0 saturated carbocycles. The molecule has 0 aliphatic carbocycles. The van der Waals surface area contributed by atoms with Gasteiger partial charge in [0.1, 0.15) is 24.1 Å². The minimum absolute atomic E-state index is 0.0217. The summed E-state index contributed by atoms with van der Waals surface area (Å²) in [6.07, 6.45) is 5.12. The van der Waals surface area contributed by atoms with Gasteiger partial charge in [0.05, 0.1) is 12.6 Å². The zero-order valence-corrected chi connectivity index (χ0v) is 39.2. The second-order valence-corrected chi connectivity index (χ2v) is 16.9. The van der Waals surface area contributed by atoms with Gasteiger partial charge in [0.2, 0.25) is 5.91 Å². The van der Waals surface area contributed by atoms with Crippen LogP contribution in [0.4, 0.5) is 0 Å². The van der Waals surface area contributed by atoms with Gasteiger partial charge in [-0.05, 0) is 103 Å². The van der Waals surface area contributed by atoms with E-state index in [-0.39, 0.29) is 50.6 Å². The molecule has 0 fully saturated rings. The van der Waals surface area contributed by atoms with Crippen molar-refractivity contribution < 1.29 is 33.4 Å². The van der Waals surface area contributed by atoms with Gasteiger partial charge in [-0.1, -0.05) is 127 Å². The van der Waals surface area contributed by atoms with E-state index < -0.39 is 42.4 Å². The van der Waals surface area contributed by atoms with Gasteiger partial charge >= 0.3 is 5.97 Å². The van der Waals surface area contributed by atoms with Crippen LogP contribution in [0, 0.1) is 5.92 Å². The Kier molecular flexibility index (Phi) is 19.7. The molecule has 0 spiro atoms. The van der Waals surface area contributed by atoms with E-state index in [1.807, 2.05) is 109 Å². The van der Waals surface area contributed by atoms with Gasteiger partial charge in [-0.15, -0.1) is 6.58 Å². The summed E-state index contributed by atoms with van der Waals surface area (Å²) in [7, 11) is 0. The van der Waals surface area contributed by atoms with E-state index in [2.05, 4.69) is 46.5 Å². The van der Waals surface area contributed by atoms with Crippen molar-refractivity contribution in [3.05, 3.63) is 157 Å². The number of carbonyl (C=O) groups excluding carboxylic acids is 4. The molecule has 0 radical (unpaired) electrons. The predicted octanol–water partition coefficient (Wildman–Crippen LogP) is 8.10. The summed E-state index contributed by atoms with van der Waals surface area (Å²) in [6.45, 7) is 4.48. The smallest absolute Gasteiger partial charge is 0.329 e. The first-order valence-electron chi connectivity index (χ1n) is 23.7. The number of ether oxygens (including phenoxy) is 3. The third-order valence-electron chi connectivity index (χ3n) is 11.8. The molecule has 6 aromatic rings. The second kappa shape index (κ2) is 26.7. The summed E-state index contributed by atoms with van der Waals surface area (Å²) < 4.78 is 18.6. The summed E-state index contributed by atoms with van der Waals surface area (Å²) in [4.78, 5) is 59.5. The van der Waals surface area contributed by atoms with Gasteiger partial charge in [0, 0.05) is 30.0 Å². The lowest BCUT2D eigenvalue weighted by Gasteiger charge is -2.24. The van der Waals surface area contributed by atoms with Gasteiger partial charge in [-0.3, -0.25) is 19.4 Å². The van der Waals surface area contributed by atoms with Crippen molar-refractivity contribution in [2.75, 3.05) is 26.3 Å². The van der Waals surface area contributed by atoms with E-state index in [0.29, 0.717) is 43.9 Å². The van der Waals surface area contributed by atoms with Crippen molar-refractivity contribution in [1.29, 1.82) is 0 Å². The normalized spacial score (nSPS) is 12.3. The zero-order chi connectivity index (χ0) is 48.8. The van der Waals surface area contributed by atoms with Gasteiger partial charge in [-0.2, -0.15) is 0 Å². The molecule has 6 rings (SSSR count). The zero-order valence-electron chi connectivity index (χ0n) is 39.2. The predicted molar refractivity (Wildman–Crippen MR) is 273 cm³/mol. The Morgan fingerprint density at radius 2 is 1.26 bits per heavy atom. The monoisotopic (exact) mass is 932 g/mol. The Morgan fingerprint density at radius 1 is 0.652 bits per heavy atom. The number of aliphatic imine (C=N–C) groups is 1. The van der Waals surface area contributed by atoms with Crippen LogP contribution in [0.5, 0.6) is 11.5 Å². The van der Waals surface area contributed by atoms with E-state index in [1.54, 1.807) is 0 Å². The van der Waals surface area contributed by atoms with Crippen LogP contribution in [0.3, 0.4) is 0 Å². The number of fused-ring (bicyclic) bond motifs is 2. The molecule has 0 heterocycles. The summed E-state index contributed by atoms with van der Waals surface area (Å²) in [6, 6.07) is 41.5. The number of benzene rings is 6. The first-order chi connectivity index (χ1) is 33.6. The fourth-order valence-corrected chi connectivity index (χ4v) is 8.30. The molecule has 0 bridgehead atoms. The molecule has 13 heteroatoms. The Labute approximate surface area is 404 Å². The maximum atomic E-state index is 14.3. The van der Waals surface area contributed by atoms with Crippen molar-refractivity contribution in [1.82, 2.24) is 10.6 Å². The first kappa shape index (κ1) is 50.9. The summed E-state index contributed by atoms with van der Waals surface area (Å²) >= 11 is 0. The van der Waals surface area contributed by atoms with Crippen molar-refractivity contribution >= 4 is 51.1 Å². The number of carbonyl (C=O) groups is 4. The van der Waals surface area contributed by atoms with E-state index >= 15 is 0 Å². The molecule has 0 saturated heterocycles. The highest BCUT2D eigenvalue weighted by Gasteiger charge is 2.31. The molecule has 0 aromatic heterocycles. The number of nitrogens with two attached hydrogens (primary N) is 3. The number of nitrogens with zero attached hydrogens (tertiary/aromatic N) is 1. The Hall–Kier alpha value is -7.51. The first-order valence-corrected chi connectivity index (χ1v) is 23.7. The number of Topliss-reactive ketones (excluding diaryl/α,β-unsaturated/α-hetero) is 1. The number of guanidine groups is 1. The average molecular weight is 933 g/mol. The van der Waals surface area contributed by atoms with E-state index in [0.717, 1.165) is 51.1 Å². The van der Waals surface area contributed by atoms with Crippen LogP contribution in [0.15, 0.2) is 151 Å². The topological polar surface area (TPSA) is 210 Å². The van der Waals surface area contributed by atoms with Crippen molar-refractivity contribution in [3.63, 3.8) is 0 Å². The SMILES string of the molecule is C=CC[C@H](NC(=O)[C@@H](CCCN=C(N)N)CC(=O)[C@@H](CCCCN)NC(=O)COc1ccc2ccccc2c1-c1c(OCCCc2ccccc2)ccc2ccccc12)C(=O)OCc1ccccc1. The lowest BCUT2D eigenvalue weighted by Crippen LogP contribution is -2.47. The highest BCUT2D eigenvalue weighted by atomic mass is 16.5. The highest BCUT2D eigenvalue weighted by molar-refractivity contribution is 6.10. The van der Waals surface area contributed by atoms with Crippen LogP contribution < -0.4 is 37.3 Å². The molecule has 2 amide bonds. The van der Waals surface area contributed by atoms with Crippen molar-refractivity contribution in [2.24, 2.45) is 28.1 Å². The van der Waals surface area contributed by atoms with Crippen LogP contribution in [-0.2, 0) is 36.9 Å². The number of hydrogen-bond acceptors (Lipinski definition) is 9. The Balaban J connectivity index is 1.20. The van der Waals surface area contributed by atoms with Crippen molar-refractivity contribution in [2.45, 2.75) is 76.5 Å². The standard InChI is InChI=1S/C56H64N6O7/c1-2-17-47(55(66)69-37-40-20-7-4-8-21-40)62-54(65)43(25-15-34-60-56(58)59)36-48(63)46(28-13-14-33-57)61-51(64)38-68-50-32-30-42-24-10-12-27-45(42)53(50)52-44-26-11-9-23-41(44)29-31-49(52)67-35-16-22-39-18-5-3-6-19-39/h2-12,18-21,23-24,26-27,29-32,43,46-47H,1,13-17,22,25,28,33-38,57H2,(H,61,64)(H,62,65)(H4,58,59,60)/t43-,46+,47-/m0/s1. The fraction of sp³-hybridized carbons (Fsp3) is 0.304. The van der Waals surface area contributed by atoms with Crippen LogP contribution in [0.1, 0.15) is 62.5 Å². The molecular formula is C56H64N6O7. The Morgan fingerprint density at radius 3 is 1.88 bits per heavy atom. The Bertz CT molecular complexity index is 2670. The number of ketones is 1. The van der Waals surface area contributed by atoms with E-state index in [4.69, 9.17) is 31.4 Å². The summed E-state index contributed by atoms with van der Waals surface area (Å²) in [5, 5.41) is 9.59. The van der Waals surface area contributed by atoms with E-state index in [1.165, 1.54) is 11.6 Å². The minimum Gasteiger partial charge on any atom is -0.493 e. The largest absolute Gasteiger partial charge is 0.493 e. The fourth-order valence-electron chi connectivity index (χ4n) is 8.30. The van der Waals surface area contributed by atoms with Crippen LogP contribution in [0.25, 0.3) is 32.7 Å². The van der Waals surface area contributed by atoms with Crippen LogP contribution in [0.2, 0.25) is 0 Å². The average Bonchev–Trinajstić information content (AvgIpc) is 3.37. The number of esters is 1. The molecule has 3 atom stereocenters. The number of unbranched alkanes of at least 4 members (excludes halogenated alkanes) is 1. The molecule has 0 unspecified atom stereocenters. The molecule has 0 aliphatic heterocycles. The number of nitrogens with one attached hydrogen (secondary N) is 2. The van der Waals surface area contributed by atoms with Gasteiger partial charge < -0.3 is 42.0 Å². The van der Waals surface area contributed by atoms with Crippen LogP contribution >= 0.6 is 0 Å². The molecule has 360 valence electrons. The number of aryl methyl sites for hydroxylation is 1. The molecule has 0 aliphatic rings. The third kappa shape index (κ3) is 15.2. The quantitative estimate of drug-likeness (QED) is 0.0105. The highest BCUT2D eigenvalue weighted by Crippen LogP contribution is 2.45. The number of rotatable bonds is 28. The maximum Gasteiger partial charge on any atom is 0.329 e. The van der Waals surface area contributed by atoms with Gasteiger partial charge in [0.25, 0.3) is 5.91 Å². The molecular weight excluding hydrogens is 869 g/mol. The van der Waals surface area contributed by atoms with Gasteiger partial charge in [-0.25, -0.2) is 4.79 Å². The molecule has 8 N–H and O–H groups in total. The molecule has 69 heavy (non-hydrogen) atoms. The lowest BCUT2D eigenvalue weighted by atomic mass is 9.91. The number of amides is 2. The maximum absolute atomic E-state index is 14.3. The molecule has 6 aromatic carbocycles. The van der Waals surface area contributed by atoms with Crippen LogP contribution in [-0.4, -0.2) is 67.9 Å². The van der Waals surface area contributed by atoms with E-state index in [9.17, 15) is 19.2 Å². The second-order valence-electron chi connectivity index (χ2n) is 16.9. The summed E-state index contributed by atoms with van der Waals surface area (Å²) in [5.74, 6) is -1.86. The third-order valence-corrected chi connectivity index (χ3v) is 11.8. The summed E-state index contributed by atoms with van der Waals surface area (Å²) in [5.41, 5.74) is 20.6. The lowest BCUT2D eigenvalue weighted by molar-refractivity contribution is -0.149. The van der Waals surface area contributed by atoms with Crippen molar-refractivity contribution in [3.8, 4) is 22.6 Å². The minimum atomic E-state index is -1.04.